The second kappa shape index (κ2) is 66.0. The van der Waals surface area contributed by atoms with Gasteiger partial charge < -0.3 is 33.8 Å². The van der Waals surface area contributed by atoms with E-state index in [4.69, 9.17) is 37.0 Å². The summed E-state index contributed by atoms with van der Waals surface area (Å²) in [6.07, 6.45) is 53.1. The lowest BCUT2D eigenvalue weighted by molar-refractivity contribution is -0.161. The van der Waals surface area contributed by atoms with Crippen molar-refractivity contribution in [2.45, 2.75) is 400 Å². The van der Waals surface area contributed by atoms with E-state index in [1.165, 1.54) is 186 Å². The highest BCUT2D eigenvalue weighted by atomic mass is 31.2. The van der Waals surface area contributed by atoms with Crippen molar-refractivity contribution >= 4 is 39.5 Å². The Morgan fingerprint density at radius 3 is 0.817 bits per heavy atom. The van der Waals surface area contributed by atoms with Crippen molar-refractivity contribution in [3.8, 4) is 0 Å². The first-order valence-electron chi connectivity index (χ1n) is 38.5. The standard InChI is InChI=1S/C74H144O17P2/c1-7-10-12-14-16-17-18-19-20-21-22-23-24-25-26-27-28-29-34-40-46-52-58-73(78)90-70(63-85-72(77)57-51-45-39-33-31-30-32-38-43-49-55-67(6)9-3)65-89-93(82,83)87-61-68(75)60-86-92(80,81)88-64-69(62-84-71(76)56-50-44-36-15-13-11-8-2)91-74(79)59-53-47-41-35-37-42-48-54-66(4)5/h66-70,75H,7-65H2,1-6H3,(H,80,81)(H,82,83)/t67?,68-,69+,70+/m0/s1. The fourth-order valence-corrected chi connectivity index (χ4v) is 12.8. The maximum Gasteiger partial charge on any atom is 0.472 e. The average Bonchev–Trinajstić information content (AvgIpc) is 2.04. The highest BCUT2D eigenvalue weighted by Crippen LogP contribution is 2.45. The zero-order valence-corrected chi connectivity index (χ0v) is 62.3. The fraction of sp³-hybridized carbons (Fsp3) is 0.946. The first kappa shape index (κ1) is 91.1. The van der Waals surface area contributed by atoms with Crippen LogP contribution in [0.3, 0.4) is 0 Å². The molecule has 3 unspecified atom stereocenters. The van der Waals surface area contributed by atoms with E-state index in [2.05, 4.69) is 41.5 Å². The Bertz CT molecular complexity index is 1810. The molecule has 0 spiro atoms. The van der Waals surface area contributed by atoms with Crippen LogP contribution in [0.4, 0.5) is 0 Å². The number of ether oxygens (including phenoxy) is 4. The molecule has 0 aliphatic rings. The summed E-state index contributed by atoms with van der Waals surface area (Å²) < 4.78 is 68.3. The highest BCUT2D eigenvalue weighted by Gasteiger charge is 2.30. The van der Waals surface area contributed by atoms with E-state index in [-0.39, 0.29) is 25.7 Å². The number of esters is 4. The number of carbonyl (C=O) groups is 4. The number of rotatable bonds is 73. The first-order valence-corrected chi connectivity index (χ1v) is 41.5. The van der Waals surface area contributed by atoms with Gasteiger partial charge in [0.25, 0.3) is 0 Å². The number of aliphatic hydroxyl groups excluding tert-OH is 1. The Balaban J connectivity index is 5.14. The van der Waals surface area contributed by atoms with Crippen LogP contribution in [0.5, 0.6) is 0 Å². The summed E-state index contributed by atoms with van der Waals surface area (Å²) in [5.41, 5.74) is 0. The van der Waals surface area contributed by atoms with Crippen molar-refractivity contribution in [2.75, 3.05) is 39.6 Å². The van der Waals surface area contributed by atoms with Crippen LogP contribution in [0.1, 0.15) is 382 Å². The monoisotopic (exact) mass is 1370 g/mol. The Morgan fingerprint density at radius 1 is 0.312 bits per heavy atom. The summed E-state index contributed by atoms with van der Waals surface area (Å²) >= 11 is 0. The molecule has 93 heavy (non-hydrogen) atoms. The van der Waals surface area contributed by atoms with Crippen molar-refractivity contribution in [1.82, 2.24) is 0 Å². The van der Waals surface area contributed by atoms with Gasteiger partial charge in [0.2, 0.25) is 0 Å². The number of aliphatic hydroxyl groups is 1. The van der Waals surface area contributed by atoms with E-state index in [1.54, 1.807) is 0 Å². The summed E-state index contributed by atoms with van der Waals surface area (Å²) in [6.45, 7) is 9.49. The maximum atomic E-state index is 13.1. The minimum Gasteiger partial charge on any atom is -0.462 e. The van der Waals surface area contributed by atoms with Gasteiger partial charge in [0.15, 0.2) is 12.2 Å². The molecule has 0 rings (SSSR count). The van der Waals surface area contributed by atoms with Gasteiger partial charge in [-0.05, 0) is 37.5 Å². The number of phosphoric acid groups is 2. The zero-order chi connectivity index (χ0) is 68.6. The molecular formula is C74H144O17P2. The third kappa shape index (κ3) is 67.0. The average molecular weight is 1370 g/mol. The van der Waals surface area contributed by atoms with Gasteiger partial charge in [0.1, 0.15) is 19.3 Å². The lowest BCUT2D eigenvalue weighted by Crippen LogP contribution is -2.30. The van der Waals surface area contributed by atoms with Gasteiger partial charge >= 0.3 is 39.5 Å². The molecule has 0 saturated heterocycles. The Labute approximate surface area is 568 Å². The van der Waals surface area contributed by atoms with E-state index in [9.17, 15) is 43.2 Å². The molecule has 3 N–H and O–H groups in total. The SMILES string of the molecule is CCCCCCCCCCCCCCCCCCCCCCCCC(=O)O[C@H](COC(=O)CCCCCCCCCCCCC(C)CC)COP(=O)(O)OC[C@@H](O)COP(=O)(O)OC[C@@H](COC(=O)CCCCCCCCC)OC(=O)CCCCCCCCCC(C)C. The van der Waals surface area contributed by atoms with E-state index < -0.39 is 97.5 Å². The molecule has 17 nitrogen and oxygen atoms in total. The summed E-state index contributed by atoms with van der Waals surface area (Å²) in [5, 5.41) is 10.6. The molecule has 552 valence electrons. The quantitative estimate of drug-likeness (QED) is 0.0222. The summed E-state index contributed by atoms with van der Waals surface area (Å²) in [6, 6.07) is 0. The van der Waals surface area contributed by atoms with Gasteiger partial charge in [-0.3, -0.25) is 37.3 Å². The minimum absolute atomic E-state index is 0.103. The molecule has 0 aliphatic heterocycles. The van der Waals surface area contributed by atoms with Crippen molar-refractivity contribution in [1.29, 1.82) is 0 Å². The smallest absolute Gasteiger partial charge is 0.462 e. The van der Waals surface area contributed by atoms with E-state index >= 15 is 0 Å². The highest BCUT2D eigenvalue weighted by molar-refractivity contribution is 7.47. The van der Waals surface area contributed by atoms with Crippen LogP contribution >= 0.6 is 15.6 Å². The van der Waals surface area contributed by atoms with Crippen LogP contribution in [0.15, 0.2) is 0 Å². The molecule has 0 heterocycles. The van der Waals surface area contributed by atoms with Crippen molar-refractivity contribution in [3.63, 3.8) is 0 Å². The predicted molar refractivity (Wildman–Crippen MR) is 377 cm³/mol. The Morgan fingerprint density at radius 2 is 0.548 bits per heavy atom. The normalized spacial score (nSPS) is 14.3. The van der Waals surface area contributed by atoms with Crippen LogP contribution in [0, 0.1) is 11.8 Å². The molecular weight excluding hydrogens is 1220 g/mol. The van der Waals surface area contributed by atoms with Gasteiger partial charge in [-0.15, -0.1) is 0 Å². The Hall–Kier alpha value is -1.94. The van der Waals surface area contributed by atoms with E-state index in [0.29, 0.717) is 31.6 Å². The summed E-state index contributed by atoms with van der Waals surface area (Å²) in [4.78, 5) is 72.5. The van der Waals surface area contributed by atoms with E-state index in [1.807, 2.05) is 0 Å². The molecule has 0 amide bonds. The molecule has 19 heteroatoms. The van der Waals surface area contributed by atoms with Crippen LogP contribution in [0.25, 0.3) is 0 Å². The molecule has 0 bridgehead atoms. The number of phosphoric ester groups is 2. The fourth-order valence-electron chi connectivity index (χ4n) is 11.3. The molecule has 0 aliphatic carbocycles. The number of hydrogen-bond donors (Lipinski definition) is 3. The van der Waals surface area contributed by atoms with Crippen molar-refractivity contribution in [3.05, 3.63) is 0 Å². The predicted octanol–water partition coefficient (Wildman–Crippen LogP) is 21.6. The largest absolute Gasteiger partial charge is 0.472 e. The lowest BCUT2D eigenvalue weighted by atomic mass is 9.99. The zero-order valence-electron chi connectivity index (χ0n) is 60.6. The van der Waals surface area contributed by atoms with Gasteiger partial charge in [0.05, 0.1) is 26.4 Å². The molecule has 0 aromatic carbocycles. The number of carbonyl (C=O) groups excluding carboxylic acids is 4. The molecule has 6 atom stereocenters. The second-order valence-electron chi connectivity index (χ2n) is 27.4. The summed E-state index contributed by atoms with van der Waals surface area (Å²) in [7, 11) is -9.90. The number of unbranched alkanes of at least 4 members (excludes halogenated alkanes) is 42. The third-order valence-electron chi connectivity index (χ3n) is 17.6. The second-order valence-corrected chi connectivity index (χ2v) is 30.3. The van der Waals surface area contributed by atoms with Crippen molar-refractivity contribution in [2.24, 2.45) is 11.8 Å². The van der Waals surface area contributed by atoms with Crippen molar-refractivity contribution < 1.29 is 80.2 Å². The molecule has 0 radical (unpaired) electrons. The van der Waals surface area contributed by atoms with Gasteiger partial charge in [-0.25, -0.2) is 9.13 Å². The van der Waals surface area contributed by atoms with Crippen LogP contribution in [-0.4, -0.2) is 96.7 Å². The molecule has 0 fully saturated rings. The van der Waals surface area contributed by atoms with Gasteiger partial charge in [-0.2, -0.15) is 0 Å². The van der Waals surface area contributed by atoms with Crippen LogP contribution in [0.2, 0.25) is 0 Å². The minimum atomic E-state index is -4.95. The number of hydrogen-bond acceptors (Lipinski definition) is 15. The summed E-state index contributed by atoms with van der Waals surface area (Å²) in [5.74, 6) is -0.622. The molecule has 0 saturated carbocycles. The van der Waals surface area contributed by atoms with E-state index in [0.717, 1.165) is 109 Å². The molecule has 0 aromatic heterocycles. The van der Waals surface area contributed by atoms with Crippen LogP contribution in [-0.2, 0) is 65.4 Å². The van der Waals surface area contributed by atoms with Crippen LogP contribution < -0.4 is 0 Å². The third-order valence-corrected chi connectivity index (χ3v) is 19.5. The topological polar surface area (TPSA) is 237 Å². The Kier molecular flexibility index (Phi) is 64.6. The maximum absolute atomic E-state index is 13.1. The lowest BCUT2D eigenvalue weighted by Gasteiger charge is -2.21. The van der Waals surface area contributed by atoms with Gasteiger partial charge in [-0.1, -0.05) is 330 Å². The first-order chi connectivity index (χ1) is 44.9. The van der Waals surface area contributed by atoms with Gasteiger partial charge in [0, 0.05) is 25.7 Å². The molecule has 0 aromatic rings.